The van der Waals surface area contributed by atoms with E-state index in [1.807, 2.05) is 33.2 Å². The molecule has 0 spiro atoms. The first-order valence-corrected chi connectivity index (χ1v) is 4.40. The smallest absolute Gasteiger partial charge is 0.178 e. The third kappa shape index (κ3) is 2.74. The Labute approximate surface area is 83.4 Å². The second-order valence-corrected chi connectivity index (χ2v) is 2.86. The summed E-state index contributed by atoms with van der Waals surface area (Å²) in [7, 11) is 3.75. The lowest BCUT2D eigenvalue weighted by Gasteiger charge is -1.94. The number of nitrogens with one attached hydrogen (secondary N) is 1. The predicted octanol–water partition coefficient (Wildman–Crippen LogP) is 1.17. The van der Waals surface area contributed by atoms with Crippen molar-refractivity contribution < 1.29 is 0 Å². The molecular formula is C10H14N4. The third-order valence-corrected chi connectivity index (χ3v) is 1.44. The SMILES string of the molecule is CNC.Cc1cnc2cccnc2n1. The van der Waals surface area contributed by atoms with Gasteiger partial charge in [-0.25, -0.2) is 9.97 Å². The van der Waals surface area contributed by atoms with Crippen LogP contribution >= 0.6 is 0 Å². The van der Waals surface area contributed by atoms with E-state index in [4.69, 9.17) is 0 Å². The maximum atomic E-state index is 4.20. The molecule has 2 rings (SSSR count). The summed E-state index contributed by atoms with van der Waals surface area (Å²) in [6.45, 7) is 1.90. The summed E-state index contributed by atoms with van der Waals surface area (Å²) in [5.74, 6) is 0. The van der Waals surface area contributed by atoms with Crippen molar-refractivity contribution in [3.05, 3.63) is 30.2 Å². The Morgan fingerprint density at radius 1 is 1.21 bits per heavy atom. The summed E-state index contributed by atoms with van der Waals surface area (Å²) in [5, 5.41) is 2.75. The summed E-state index contributed by atoms with van der Waals surface area (Å²) in [4.78, 5) is 12.4. The van der Waals surface area contributed by atoms with E-state index in [1.54, 1.807) is 12.4 Å². The fourth-order valence-corrected chi connectivity index (χ4v) is 0.934. The summed E-state index contributed by atoms with van der Waals surface area (Å²) in [6.07, 6.45) is 3.46. The highest BCUT2D eigenvalue weighted by atomic mass is 14.9. The molecule has 0 aliphatic heterocycles. The van der Waals surface area contributed by atoms with Crippen LogP contribution in [0.1, 0.15) is 5.69 Å². The number of fused-ring (bicyclic) bond motifs is 1. The zero-order valence-electron chi connectivity index (χ0n) is 8.65. The molecule has 1 N–H and O–H groups in total. The molecule has 0 amide bonds. The van der Waals surface area contributed by atoms with Gasteiger partial charge in [0.05, 0.1) is 5.69 Å². The molecule has 14 heavy (non-hydrogen) atoms. The van der Waals surface area contributed by atoms with Gasteiger partial charge in [-0.05, 0) is 33.2 Å². The molecule has 0 saturated carbocycles. The highest BCUT2D eigenvalue weighted by Crippen LogP contribution is 2.03. The minimum atomic E-state index is 0.715. The zero-order chi connectivity index (χ0) is 10.4. The van der Waals surface area contributed by atoms with Gasteiger partial charge in [-0.1, -0.05) is 0 Å². The number of hydrogen-bond acceptors (Lipinski definition) is 4. The van der Waals surface area contributed by atoms with Gasteiger partial charge in [-0.3, -0.25) is 4.98 Å². The first-order valence-electron chi connectivity index (χ1n) is 4.40. The molecule has 0 aliphatic rings. The van der Waals surface area contributed by atoms with E-state index in [0.717, 1.165) is 11.2 Å². The lowest BCUT2D eigenvalue weighted by molar-refractivity contribution is 1.02. The lowest BCUT2D eigenvalue weighted by atomic mass is 10.4. The molecule has 0 aromatic carbocycles. The van der Waals surface area contributed by atoms with E-state index < -0.39 is 0 Å². The maximum absolute atomic E-state index is 4.20. The van der Waals surface area contributed by atoms with Crippen molar-refractivity contribution in [1.29, 1.82) is 0 Å². The average Bonchev–Trinajstić information content (AvgIpc) is 2.19. The molecule has 4 nitrogen and oxygen atoms in total. The second kappa shape index (κ2) is 5.24. The van der Waals surface area contributed by atoms with Crippen LogP contribution < -0.4 is 5.32 Å². The molecule has 0 bridgehead atoms. The van der Waals surface area contributed by atoms with Crippen LogP contribution in [-0.2, 0) is 0 Å². The third-order valence-electron chi connectivity index (χ3n) is 1.44. The Kier molecular flexibility index (Phi) is 3.94. The first kappa shape index (κ1) is 10.5. The van der Waals surface area contributed by atoms with Crippen LogP contribution in [0.25, 0.3) is 11.2 Å². The number of pyridine rings is 1. The van der Waals surface area contributed by atoms with Gasteiger partial charge >= 0.3 is 0 Å². The molecule has 2 aromatic heterocycles. The van der Waals surface area contributed by atoms with Gasteiger partial charge in [-0.15, -0.1) is 0 Å². The van der Waals surface area contributed by atoms with Gasteiger partial charge in [0.25, 0.3) is 0 Å². The Balaban J connectivity index is 0.000000293. The standard InChI is InChI=1S/C8H7N3.C2H7N/c1-6-5-10-7-3-2-4-9-8(7)11-6;1-3-2/h2-5H,1H3;3H,1-2H3. The van der Waals surface area contributed by atoms with Gasteiger partial charge in [0, 0.05) is 12.4 Å². The Bertz CT molecular complexity index is 400. The van der Waals surface area contributed by atoms with Crippen LogP contribution in [0.4, 0.5) is 0 Å². The van der Waals surface area contributed by atoms with Crippen LogP contribution in [-0.4, -0.2) is 29.0 Å². The van der Waals surface area contributed by atoms with Gasteiger partial charge in [0.2, 0.25) is 0 Å². The van der Waals surface area contributed by atoms with Crippen molar-refractivity contribution in [2.45, 2.75) is 6.92 Å². The van der Waals surface area contributed by atoms with Gasteiger partial charge < -0.3 is 5.32 Å². The molecule has 0 radical (unpaired) electrons. The predicted molar refractivity (Wildman–Crippen MR) is 57.1 cm³/mol. The van der Waals surface area contributed by atoms with E-state index in [-0.39, 0.29) is 0 Å². The van der Waals surface area contributed by atoms with Crippen molar-refractivity contribution in [3.63, 3.8) is 0 Å². The number of nitrogens with zero attached hydrogens (tertiary/aromatic N) is 3. The van der Waals surface area contributed by atoms with E-state index in [0.29, 0.717) is 5.65 Å². The molecule has 0 aliphatic carbocycles. The van der Waals surface area contributed by atoms with Crippen molar-refractivity contribution in [3.8, 4) is 0 Å². The molecule has 2 heterocycles. The van der Waals surface area contributed by atoms with Crippen LogP contribution in [0.5, 0.6) is 0 Å². The van der Waals surface area contributed by atoms with Crippen LogP contribution in [0.15, 0.2) is 24.5 Å². The summed E-state index contributed by atoms with van der Waals surface area (Å²) < 4.78 is 0. The van der Waals surface area contributed by atoms with E-state index in [9.17, 15) is 0 Å². The van der Waals surface area contributed by atoms with Crippen LogP contribution in [0, 0.1) is 6.92 Å². The molecule has 0 atom stereocenters. The molecule has 0 unspecified atom stereocenters. The van der Waals surface area contributed by atoms with Gasteiger partial charge in [-0.2, -0.15) is 0 Å². The number of rotatable bonds is 0. The Morgan fingerprint density at radius 3 is 2.64 bits per heavy atom. The largest absolute Gasteiger partial charge is 0.323 e. The second-order valence-electron chi connectivity index (χ2n) is 2.86. The molecule has 0 saturated heterocycles. The van der Waals surface area contributed by atoms with Crippen molar-refractivity contribution in [2.24, 2.45) is 0 Å². The summed E-state index contributed by atoms with van der Waals surface area (Å²) >= 11 is 0. The lowest BCUT2D eigenvalue weighted by Crippen LogP contribution is -1.89. The molecule has 4 heteroatoms. The molecule has 0 fully saturated rings. The van der Waals surface area contributed by atoms with Crippen molar-refractivity contribution >= 4 is 11.2 Å². The van der Waals surface area contributed by atoms with Crippen molar-refractivity contribution in [2.75, 3.05) is 14.1 Å². The number of aryl methyl sites for hydroxylation is 1. The molecular weight excluding hydrogens is 176 g/mol. The minimum Gasteiger partial charge on any atom is -0.323 e. The van der Waals surface area contributed by atoms with E-state index in [2.05, 4.69) is 20.3 Å². The minimum absolute atomic E-state index is 0.715. The fraction of sp³-hybridized carbons (Fsp3) is 0.300. The topological polar surface area (TPSA) is 50.7 Å². The quantitative estimate of drug-likeness (QED) is 0.677. The number of hydrogen-bond donors (Lipinski definition) is 1. The normalized spacial score (nSPS) is 9.36. The number of aromatic nitrogens is 3. The highest BCUT2D eigenvalue weighted by molar-refractivity contribution is 5.68. The summed E-state index contributed by atoms with van der Waals surface area (Å²) in [6, 6.07) is 3.75. The fourth-order valence-electron chi connectivity index (χ4n) is 0.934. The Morgan fingerprint density at radius 2 is 1.93 bits per heavy atom. The van der Waals surface area contributed by atoms with Crippen molar-refractivity contribution in [1.82, 2.24) is 20.3 Å². The monoisotopic (exact) mass is 190 g/mol. The molecule has 74 valence electrons. The van der Waals surface area contributed by atoms with E-state index in [1.165, 1.54) is 0 Å². The Hall–Kier alpha value is -1.55. The first-order chi connectivity index (χ1) is 6.77. The summed E-state index contributed by atoms with van der Waals surface area (Å²) in [5.41, 5.74) is 2.46. The molecule has 2 aromatic rings. The van der Waals surface area contributed by atoms with Gasteiger partial charge in [0.15, 0.2) is 5.65 Å². The average molecular weight is 190 g/mol. The van der Waals surface area contributed by atoms with Crippen LogP contribution in [0.2, 0.25) is 0 Å². The van der Waals surface area contributed by atoms with Gasteiger partial charge in [0.1, 0.15) is 5.52 Å². The van der Waals surface area contributed by atoms with Crippen LogP contribution in [0.3, 0.4) is 0 Å². The zero-order valence-corrected chi connectivity index (χ0v) is 8.65. The van der Waals surface area contributed by atoms with E-state index >= 15 is 0 Å². The highest BCUT2D eigenvalue weighted by Gasteiger charge is 1.94. The maximum Gasteiger partial charge on any atom is 0.178 e.